The van der Waals surface area contributed by atoms with Gasteiger partial charge in [0, 0.05) is 27.2 Å². The number of nitriles is 1. The maximum Gasteiger partial charge on any atom is 0.266 e. The predicted octanol–water partition coefficient (Wildman–Crippen LogP) is 5.41. The number of carbonyl (C=O) groups excluding carboxylic acids is 1. The first-order valence-electron chi connectivity index (χ1n) is 8.95. The van der Waals surface area contributed by atoms with Crippen LogP contribution in [0.15, 0.2) is 64.6 Å². The highest BCUT2D eigenvalue weighted by molar-refractivity contribution is 9.10. The Morgan fingerprint density at radius 3 is 2.52 bits per heavy atom. The summed E-state index contributed by atoms with van der Waals surface area (Å²) in [6.45, 7) is 3.96. The summed E-state index contributed by atoms with van der Waals surface area (Å²) < 4.78 is 8.18. The Balaban J connectivity index is 1.90. The van der Waals surface area contributed by atoms with Crippen molar-refractivity contribution in [2.75, 3.05) is 12.4 Å². The van der Waals surface area contributed by atoms with Gasteiger partial charge in [0.1, 0.15) is 17.4 Å². The zero-order valence-corrected chi connectivity index (χ0v) is 17.9. The summed E-state index contributed by atoms with van der Waals surface area (Å²) in [5.41, 5.74) is 4.43. The molecular weight excluding hydrogens is 430 g/mol. The number of amides is 1. The molecule has 0 spiro atoms. The van der Waals surface area contributed by atoms with Gasteiger partial charge >= 0.3 is 0 Å². The van der Waals surface area contributed by atoms with Gasteiger partial charge in [-0.1, -0.05) is 22.0 Å². The van der Waals surface area contributed by atoms with Crippen LogP contribution in [0.2, 0.25) is 0 Å². The molecule has 2 aromatic carbocycles. The van der Waals surface area contributed by atoms with Crippen molar-refractivity contribution in [2.24, 2.45) is 0 Å². The van der Waals surface area contributed by atoms with Gasteiger partial charge in [-0.15, -0.1) is 0 Å². The van der Waals surface area contributed by atoms with Crippen molar-refractivity contribution in [3.63, 3.8) is 0 Å². The first kappa shape index (κ1) is 20.4. The average Bonchev–Trinajstić information content (AvgIpc) is 2.99. The number of aromatic nitrogens is 1. The minimum atomic E-state index is -0.454. The number of aryl methyl sites for hydroxylation is 1. The number of benzene rings is 2. The van der Waals surface area contributed by atoms with E-state index in [-0.39, 0.29) is 5.57 Å². The summed E-state index contributed by atoms with van der Waals surface area (Å²) in [5.74, 6) is 0.240. The third-order valence-electron chi connectivity index (χ3n) is 4.55. The largest absolute Gasteiger partial charge is 0.497 e. The van der Waals surface area contributed by atoms with Crippen molar-refractivity contribution in [1.29, 1.82) is 5.26 Å². The van der Waals surface area contributed by atoms with Crippen LogP contribution in [0.3, 0.4) is 0 Å². The smallest absolute Gasteiger partial charge is 0.266 e. The lowest BCUT2D eigenvalue weighted by atomic mass is 10.1. The molecule has 0 bridgehead atoms. The second kappa shape index (κ2) is 8.80. The maximum absolute atomic E-state index is 12.6. The number of methoxy groups -OCH3 is 1. The zero-order valence-electron chi connectivity index (χ0n) is 16.4. The third-order valence-corrected chi connectivity index (χ3v) is 5.04. The van der Waals surface area contributed by atoms with Crippen LogP contribution >= 0.6 is 15.9 Å². The molecule has 1 aromatic heterocycles. The summed E-state index contributed by atoms with van der Waals surface area (Å²) in [6, 6.07) is 18.9. The molecule has 1 N–H and O–H groups in total. The van der Waals surface area contributed by atoms with Gasteiger partial charge in [0.15, 0.2) is 0 Å². The SMILES string of the molecule is COc1ccc(NC(=O)/C(C#N)=C\c2cc(C)n(-c3cccc(Br)c3)c2C)cc1. The molecule has 0 aliphatic heterocycles. The molecule has 5 nitrogen and oxygen atoms in total. The van der Waals surface area contributed by atoms with E-state index in [4.69, 9.17) is 4.74 Å². The summed E-state index contributed by atoms with van der Waals surface area (Å²) in [7, 11) is 1.58. The van der Waals surface area contributed by atoms with Crippen LogP contribution in [0.5, 0.6) is 5.75 Å². The standard InChI is InChI=1S/C23H20BrN3O2/c1-15-11-17(16(2)27(15)21-6-4-5-19(24)13-21)12-18(14-25)23(28)26-20-7-9-22(29-3)10-8-20/h4-13H,1-3H3,(H,26,28)/b18-12-. The van der Waals surface area contributed by atoms with Crippen LogP contribution in [0.1, 0.15) is 17.0 Å². The lowest BCUT2D eigenvalue weighted by Crippen LogP contribution is -2.13. The molecule has 146 valence electrons. The Kier molecular flexibility index (Phi) is 6.20. The molecular formula is C23H20BrN3O2. The van der Waals surface area contributed by atoms with Crippen LogP contribution in [-0.4, -0.2) is 17.6 Å². The van der Waals surface area contributed by atoms with E-state index in [1.165, 1.54) is 0 Å². The molecule has 0 aliphatic rings. The Bertz CT molecular complexity index is 1120. The van der Waals surface area contributed by atoms with Crippen LogP contribution in [-0.2, 0) is 4.79 Å². The Morgan fingerprint density at radius 1 is 1.17 bits per heavy atom. The zero-order chi connectivity index (χ0) is 21.0. The number of nitrogens with one attached hydrogen (secondary N) is 1. The van der Waals surface area contributed by atoms with E-state index < -0.39 is 5.91 Å². The normalized spacial score (nSPS) is 11.1. The highest BCUT2D eigenvalue weighted by atomic mass is 79.9. The molecule has 1 heterocycles. The van der Waals surface area contributed by atoms with Crippen molar-refractivity contribution < 1.29 is 9.53 Å². The molecule has 1 amide bonds. The van der Waals surface area contributed by atoms with Crippen molar-refractivity contribution >= 4 is 33.6 Å². The van der Waals surface area contributed by atoms with Crippen LogP contribution in [0.25, 0.3) is 11.8 Å². The Hall–Kier alpha value is -3.30. The van der Waals surface area contributed by atoms with Crippen molar-refractivity contribution in [3.8, 4) is 17.5 Å². The average molecular weight is 450 g/mol. The summed E-state index contributed by atoms with van der Waals surface area (Å²) in [5, 5.41) is 12.3. The van der Waals surface area contributed by atoms with E-state index in [0.29, 0.717) is 11.4 Å². The summed E-state index contributed by atoms with van der Waals surface area (Å²) >= 11 is 3.50. The second-order valence-corrected chi connectivity index (χ2v) is 7.41. The van der Waals surface area contributed by atoms with Crippen molar-refractivity contribution in [3.05, 3.63) is 81.6 Å². The fourth-order valence-corrected chi connectivity index (χ4v) is 3.51. The topological polar surface area (TPSA) is 67.0 Å². The lowest BCUT2D eigenvalue weighted by Gasteiger charge is -2.10. The van der Waals surface area contributed by atoms with Crippen molar-refractivity contribution in [1.82, 2.24) is 4.57 Å². The molecule has 0 fully saturated rings. The van der Waals surface area contributed by atoms with Crippen LogP contribution in [0, 0.1) is 25.2 Å². The predicted molar refractivity (Wildman–Crippen MR) is 118 cm³/mol. The molecule has 0 unspecified atom stereocenters. The fraction of sp³-hybridized carbons (Fsp3) is 0.130. The summed E-state index contributed by atoms with van der Waals surface area (Å²) in [4.78, 5) is 12.6. The molecule has 0 saturated heterocycles. The molecule has 3 rings (SSSR count). The van der Waals surface area contributed by atoms with E-state index in [1.54, 1.807) is 37.5 Å². The molecule has 0 atom stereocenters. The fourth-order valence-electron chi connectivity index (χ4n) is 3.12. The number of hydrogen-bond acceptors (Lipinski definition) is 3. The molecule has 0 radical (unpaired) electrons. The highest BCUT2D eigenvalue weighted by Crippen LogP contribution is 2.25. The van der Waals surface area contributed by atoms with Gasteiger partial charge in [-0.3, -0.25) is 4.79 Å². The van der Waals surface area contributed by atoms with Crippen molar-refractivity contribution in [2.45, 2.75) is 13.8 Å². The van der Waals surface area contributed by atoms with E-state index >= 15 is 0 Å². The van der Waals surface area contributed by atoms with E-state index in [1.807, 2.05) is 50.2 Å². The van der Waals surface area contributed by atoms with Gasteiger partial charge < -0.3 is 14.6 Å². The van der Waals surface area contributed by atoms with Crippen LogP contribution in [0.4, 0.5) is 5.69 Å². The lowest BCUT2D eigenvalue weighted by molar-refractivity contribution is -0.112. The van der Waals surface area contributed by atoms with E-state index in [2.05, 4.69) is 25.8 Å². The number of carbonyl (C=O) groups is 1. The second-order valence-electron chi connectivity index (χ2n) is 6.49. The van der Waals surface area contributed by atoms with E-state index in [0.717, 1.165) is 27.1 Å². The van der Waals surface area contributed by atoms with Gasteiger partial charge in [-0.05, 0) is 74.0 Å². The molecule has 29 heavy (non-hydrogen) atoms. The van der Waals surface area contributed by atoms with Crippen LogP contribution < -0.4 is 10.1 Å². The quantitative estimate of drug-likeness (QED) is 0.418. The van der Waals surface area contributed by atoms with Gasteiger partial charge in [-0.2, -0.15) is 5.26 Å². The number of ether oxygens (including phenoxy) is 1. The third kappa shape index (κ3) is 4.58. The number of nitrogens with zero attached hydrogens (tertiary/aromatic N) is 2. The minimum absolute atomic E-state index is 0.0373. The van der Waals surface area contributed by atoms with Gasteiger partial charge in [0.25, 0.3) is 5.91 Å². The Morgan fingerprint density at radius 2 is 1.90 bits per heavy atom. The number of anilines is 1. The molecule has 3 aromatic rings. The minimum Gasteiger partial charge on any atom is -0.497 e. The maximum atomic E-state index is 12.6. The monoisotopic (exact) mass is 449 g/mol. The summed E-state index contributed by atoms with van der Waals surface area (Å²) in [6.07, 6.45) is 1.62. The first-order chi connectivity index (χ1) is 13.9. The highest BCUT2D eigenvalue weighted by Gasteiger charge is 2.14. The van der Waals surface area contributed by atoms with Gasteiger partial charge in [-0.25, -0.2) is 0 Å². The van der Waals surface area contributed by atoms with Gasteiger partial charge in [0.2, 0.25) is 0 Å². The molecule has 6 heteroatoms. The first-order valence-corrected chi connectivity index (χ1v) is 9.74. The Labute approximate surface area is 178 Å². The number of rotatable bonds is 5. The number of hydrogen-bond donors (Lipinski definition) is 1. The number of halogens is 1. The molecule has 0 aliphatic carbocycles. The molecule has 0 saturated carbocycles. The van der Waals surface area contributed by atoms with Gasteiger partial charge in [0.05, 0.1) is 7.11 Å². The van der Waals surface area contributed by atoms with E-state index in [9.17, 15) is 10.1 Å².